The molecule has 3 aromatic carbocycles. The molecule has 0 aliphatic carbocycles. The number of hydrogen-bond acceptors (Lipinski definition) is 4. The summed E-state index contributed by atoms with van der Waals surface area (Å²) in [4.78, 5) is 13.0. The normalized spacial score (nSPS) is 11.4. The second kappa shape index (κ2) is 10.3. The Morgan fingerprint density at radius 2 is 1.71 bits per heavy atom. The van der Waals surface area contributed by atoms with Crippen LogP contribution in [0, 0.1) is 3.57 Å². The maximum absolute atomic E-state index is 12.9. The van der Waals surface area contributed by atoms with Crippen LogP contribution in [0.5, 0.6) is 5.75 Å². The molecular formula is C23H23IN2O4S. The van der Waals surface area contributed by atoms with Gasteiger partial charge >= 0.3 is 0 Å². The fourth-order valence-electron chi connectivity index (χ4n) is 2.97. The maximum Gasteiger partial charge on any atom is 0.255 e. The Balaban J connectivity index is 1.86. The number of benzene rings is 3. The molecule has 0 atom stereocenters. The molecule has 0 aromatic heterocycles. The molecule has 6 nitrogen and oxygen atoms in total. The van der Waals surface area contributed by atoms with Crippen molar-refractivity contribution in [1.29, 1.82) is 0 Å². The predicted octanol–water partition coefficient (Wildman–Crippen LogP) is 4.76. The van der Waals surface area contributed by atoms with Crippen molar-refractivity contribution >= 4 is 44.2 Å². The third-order valence-electron chi connectivity index (χ3n) is 4.57. The molecule has 0 spiro atoms. The smallest absolute Gasteiger partial charge is 0.255 e. The van der Waals surface area contributed by atoms with E-state index in [0.717, 1.165) is 3.57 Å². The SMILES string of the molecule is CCOc1ccc(C(=O)Nc2ccc(I)cc2)cc1CN(C)S(=O)(=O)c1ccccc1. The zero-order chi connectivity index (χ0) is 22.4. The standard InChI is InChI=1S/C23H23IN2O4S/c1-3-30-22-14-9-17(23(27)25-20-12-10-19(24)11-13-20)15-18(22)16-26(2)31(28,29)21-7-5-4-6-8-21/h4-15H,3,16H2,1-2H3,(H,25,27). The van der Waals surface area contributed by atoms with Gasteiger partial charge in [0, 0.05) is 34.0 Å². The Bertz CT molecular complexity index is 1150. The molecular weight excluding hydrogens is 527 g/mol. The van der Waals surface area contributed by atoms with Crippen molar-refractivity contribution in [1.82, 2.24) is 4.31 Å². The van der Waals surface area contributed by atoms with E-state index in [1.807, 2.05) is 31.2 Å². The van der Waals surface area contributed by atoms with E-state index in [9.17, 15) is 13.2 Å². The first kappa shape index (κ1) is 23.2. The molecule has 0 unspecified atom stereocenters. The molecule has 31 heavy (non-hydrogen) atoms. The van der Waals surface area contributed by atoms with Crippen molar-refractivity contribution in [2.24, 2.45) is 0 Å². The number of amides is 1. The van der Waals surface area contributed by atoms with Crippen LogP contribution in [0.25, 0.3) is 0 Å². The van der Waals surface area contributed by atoms with Crippen LogP contribution in [-0.4, -0.2) is 32.3 Å². The van der Waals surface area contributed by atoms with Crippen molar-refractivity contribution in [3.05, 3.63) is 87.5 Å². The molecule has 0 fully saturated rings. The minimum Gasteiger partial charge on any atom is -0.494 e. The van der Waals surface area contributed by atoms with E-state index in [-0.39, 0.29) is 17.3 Å². The molecule has 0 aliphatic heterocycles. The Labute approximate surface area is 196 Å². The summed E-state index contributed by atoms with van der Waals surface area (Å²) in [6, 6.07) is 20.8. The van der Waals surface area contributed by atoms with Gasteiger partial charge in [-0.1, -0.05) is 18.2 Å². The molecule has 8 heteroatoms. The minimum absolute atomic E-state index is 0.0667. The highest BCUT2D eigenvalue weighted by molar-refractivity contribution is 14.1. The monoisotopic (exact) mass is 550 g/mol. The Morgan fingerprint density at radius 3 is 2.35 bits per heavy atom. The molecule has 0 saturated carbocycles. The second-order valence-corrected chi connectivity index (χ2v) is 10.1. The van der Waals surface area contributed by atoms with E-state index in [0.29, 0.717) is 29.2 Å². The van der Waals surface area contributed by atoms with Gasteiger partial charge in [0.2, 0.25) is 10.0 Å². The molecule has 162 valence electrons. The summed E-state index contributed by atoms with van der Waals surface area (Å²) >= 11 is 2.20. The molecule has 0 bridgehead atoms. The van der Waals surface area contributed by atoms with Crippen molar-refractivity contribution in [2.45, 2.75) is 18.4 Å². The first-order valence-corrected chi connectivity index (χ1v) is 12.2. The van der Waals surface area contributed by atoms with E-state index in [1.165, 1.54) is 11.4 Å². The molecule has 3 rings (SSSR count). The number of hydrogen-bond donors (Lipinski definition) is 1. The number of carbonyl (C=O) groups excluding carboxylic acids is 1. The molecule has 1 amide bonds. The average Bonchev–Trinajstić information content (AvgIpc) is 2.77. The maximum atomic E-state index is 12.9. The summed E-state index contributed by atoms with van der Waals surface area (Å²) in [5.74, 6) is 0.266. The minimum atomic E-state index is -3.68. The van der Waals surface area contributed by atoms with Crippen molar-refractivity contribution < 1.29 is 17.9 Å². The van der Waals surface area contributed by atoms with E-state index in [1.54, 1.807) is 48.5 Å². The van der Waals surface area contributed by atoms with Crippen LogP contribution in [0.3, 0.4) is 0 Å². The van der Waals surface area contributed by atoms with Crippen LogP contribution in [0.4, 0.5) is 5.69 Å². The van der Waals surface area contributed by atoms with E-state index < -0.39 is 10.0 Å². The van der Waals surface area contributed by atoms with Crippen LogP contribution in [0.1, 0.15) is 22.8 Å². The fraction of sp³-hybridized carbons (Fsp3) is 0.174. The summed E-state index contributed by atoms with van der Waals surface area (Å²) in [5, 5.41) is 2.86. The lowest BCUT2D eigenvalue weighted by Gasteiger charge is -2.20. The van der Waals surface area contributed by atoms with Gasteiger partial charge in [0.15, 0.2) is 0 Å². The lowest BCUT2D eigenvalue weighted by atomic mass is 10.1. The Hall–Kier alpha value is -2.43. The number of ether oxygens (including phenoxy) is 1. The molecule has 3 aromatic rings. The van der Waals surface area contributed by atoms with Crippen LogP contribution < -0.4 is 10.1 Å². The highest BCUT2D eigenvalue weighted by Crippen LogP contribution is 2.25. The molecule has 0 aliphatic rings. The van der Waals surface area contributed by atoms with Gasteiger partial charge in [-0.3, -0.25) is 4.79 Å². The molecule has 0 heterocycles. The lowest BCUT2D eigenvalue weighted by molar-refractivity contribution is 0.102. The fourth-order valence-corrected chi connectivity index (χ4v) is 4.50. The zero-order valence-corrected chi connectivity index (χ0v) is 20.2. The highest BCUT2D eigenvalue weighted by atomic mass is 127. The number of sulfonamides is 1. The van der Waals surface area contributed by atoms with Gasteiger partial charge in [-0.2, -0.15) is 4.31 Å². The summed E-state index contributed by atoms with van der Waals surface area (Å²) in [7, 11) is -2.17. The first-order valence-electron chi connectivity index (χ1n) is 9.65. The van der Waals surface area contributed by atoms with Crippen molar-refractivity contribution in [3.8, 4) is 5.75 Å². The van der Waals surface area contributed by atoms with Crippen molar-refractivity contribution in [2.75, 3.05) is 19.0 Å². The molecule has 0 saturated heterocycles. The molecule has 1 N–H and O–H groups in total. The summed E-state index contributed by atoms with van der Waals surface area (Å²) in [5.41, 5.74) is 1.71. The summed E-state index contributed by atoms with van der Waals surface area (Å²) < 4.78 is 33.8. The lowest BCUT2D eigenvalue weighted by Crippen LogP contribution is -2.27. The quantitative estimate of drug-likeness (QED) is 0.411. The third kappa shape index (κ3) is 5.84. The van der Waals surface area contributed by atoms with Crippen LogP contribution in [-0.2, 0) is 16.6 Å². The number of anilines is 1. The van der Waals surface area contributed by atoms with Crippen LogP contribution in [0.15, 0.2) is 77.7 Å². The van der Waals surface area contributed by atoms with Gasteiger partial charge in [-0.05, 0) is 84.1 Å². The van der Waals surface area contributed by atoms with Gasteiger partial charge < -0.3 is 10.1 Å². The largest absolute Gasteiger partial charge is 0.494 e. The summed E-state index contributed by atoms with van der Waals surface area (Å²) in [6.07, 6.45) is 0. The highest BCUT2D eigenvalue weighted by Gasteiger charge is 2.22. The number of rotatable bonds is 8. The van der Waals surface area contributed by atoms with E-state index >= 15 is 0 Å². The Kier molecular flexibility index (Phi) is 7.69. The van der Waals surface area contributed by atoms with Gasteiger partial charge in [-0.15, -0.1) is 0 Å². The number of nitrogens with zero attached hydrogens (tertiary/aromatic N) is 1. The van der Waals surface area contributed by atoms with Crippen molar-refractivity contribution in [3.63, 3.8) is 0 Å². The number of nitrogens with one attached hydrogen (secondary N) is 1. The van der Waals surface area contributed by atoms with Gasteiger partial charge in [0.05, 0.1) is 11.5 Å². The Morgan fingerprint density at radius 1 is 1.03 bits per heavy atom. The van der Waals surface area contributed by atoms with Crippen LogP contribution in [0.2, 0.25) is 0 Å². The van der Waals surface area contributed by atoms with Gasteiger partial charge in [-0.25, -0.2) is 8.42 Å². The van der Waals surface area contributed by atoms with E-state index in [2.05, 4.69) is 27.9 Å². The average molecular weight is 550 g/mol. The number of carbonyl (C=O) groups is 1. The van der Waals surface area contributed by atoms with Crippen LogP contribution >= 0.6 is 22.6 Å². The zero-order valence-electron chi connectivity index (χ0n) is 17.2. The topological polar surface area (TPSA) is 75.7 Å². The first-order chi connectivity index (χ1) is 14.8. The van der Waals surface area contributed by atoms with Gasteiger partial charge in [0.25, 0.3) is 5.91 Å². The second-order valence-electron chi connectivity index (χ2n) is 6.79. The third-order valence-corrected chi connectivity index (χ3v) is 7.11. The summed E-state index contributed by atoms with van der Waals surface area (Å²) in [6.45, 7) is 2.35. The predicted molar refractivity (Wildman–Crippen MR) is 130 cm³/mol. The van der Waals surface area contributed by atoms with Gasteiger partial charge in [0.1, 0.15) is 5.75 Å². The van der Waals surface area contributed by atoms with E-state index in [4.69, 9.17) is 4.74 Å². The number of halogens is 1. The molecule has 0 radical (unpaired) electrons.